The molecule has 0 spiro atoms. The van der Waals surface area contributed by atoms with Gasteiger partial charge >= 0.3 is 0 Å². The molecule has 0 heterocycles. The van der Waals surface area contributed by atoms with Crippen molar-refractivity contribution in [1.29, 1.82) is 0 Å². The van der Waals surface area contributed by atoms with Crippen molar-refractivity contribution in [3.8, 4) is 0 Å². The highest BCUT2D eigenvalue weighted by molar-refractivity contribution is 5.24. The number of hydrogen-bond donors (Lipinski definition) is 0. The molecule has 0 unspecified atom stereocenters. The summed E-state index contributed by atoms with van der Waals surface area (Å²) in [4.78, 5) is 0. The second-order valence-corrected chi connectivity index (χ2v) is 9.13. The summed E-state index contributed by atoms with van der Waals surface area (Å²) < 4.78 is 0. The van der Waals surface area contributed by atoms with Crippen molar-refractivity contribution < 1.29 is 0 Å². The lowest BCUT2D eigenvalue weighted by Crippen LogP contribution is -1.74. The van der Waals surface area contributed by atoms with Crippen molar-refractivity contribution in [1.82, 2.24) is 0 Å². The van der Waals surface area contributed by atoms with Gasteiger partial charge in [-0.2, -0.15) is 0 Å². The molecule has 0 nitrogen and oxygen atoms in total. The maximum Gasteiger partial charge on any atom is -0.0395 e. The average Bonchev–Trinajstić information content (AvgIpc) is 2.91. The Balaban J connectivity index is 0.000000232. The van der Waals surface area contributed by atoms with Crippen LogP contribution in [0.1, 0.15) is 38.9 Å². The molecule has 5 rings (SSSR count). The van der Waals surface area contributed by atoms with Gasteiger partial charge in [0.2, 0.25) is 0 Å². The van der Waals surface area contributed by atoms with E-state index in [4.69, 9.17) is 0 Å². The summed E-state index contributed by atoms with van der Waals surface area (Å²) in [5.74, 6) is 0. The Labute approximate surface area is 226 Å². The lowest BCUT2D eigenvalue weighted by Gasteiger charge is -1.93. The molecule has 0 aromatic heterocycles. The molecule has 0 aliphatic carbocycles. The quantitative estimate of drug-likeness (QED) is 0.203. The van der Waals surface area contributed by atoms with Gasteiger partial charge in [-0.25, -0.2) is 0 Å². The fraction of sp³-hybridized carbons (Fsp3) is 0.189. The molecular formula is C37H44. The minimum Gasteiger partial charge on any atom is -0.0622 e. The van der Waals surface area contributed by atoms with Gasteiger partial charge in [-0.3, -0.25) is 0 Å². The summed E-state index contributed by atoms with van der Waals surface area (Å²) in [5.41, 5.74) is 9.44. The second kappa shape index (κ2) is 19.3. The lowest BCUT2D eigenvalue weighted by atomic mass is 10.1. The number of aryl methyl sites for hydroxylation is 7. The SMILES string of the molecule is Cc1ccccc1.Cc1ccccc1.Cc1ccccc1.Cc1ccccc1C.Cc1ccccc1C. The third-order valence-electron chi connectivity index (χ3n) is 5.67. The van der Waals surface area contributed by atoms with Crippen molar-refractivity contribution in [2.24, 2.45) is 0 Å². The van der Waals surface area contributed by atoms with Crippen LogP contribution in [0.25, 0.3) is 0 Å². The van der Waals surface area contributed by atoms with E-state index in [1.807, 2.05) is 54.6 Å². The van der Waals surface area contributed by atoms with E-state index in [0.717, 1.165) is 0 Å². The molecule has 0 N–H and O–H groups in total. The summed E-state index contributed by atoms with van der Waals surface area (Å²) in [5, 5.41) is 0. The highest BCUT2D eigenvalue weighted by atomic mass is 13.9. The highest BCUT2D eigenvalue weighted by Crippen LogP contribution is 2.03. The average molecular weight is 489 g/mol. The number of benzene rings is 5. The van der Waals surface area contributed by atoms with Crippen molar-refractivity contribution in [2.45, 2.75) is 48.5 Å². The Morgan fingerprint density at radius 2 is 0.378 bits per heavy atom. The van der Waals surface area contributed by atoms with Crippen LogP contribution in [0, 0.1) is 48.5 Å². The Morgan fingerprint density at radius 3 is 0.486 bits per heavy atom. The van der Waals surface area contributed by atoms with E-state index in [-0.39, 0.29) is 0 Å². The second-order valence-electron chi connectivity index (χ2n) is 9.13. The maximum absolute atomic E-state index is 2.12. The van der Waals surface area contributed by atoms with Gasteiger partial charge in [-0.1, -0.05) is 156 Å². The van der Waals surface area contributed by atoms with Crippen molar-refractivity contribution in [3.05, 3.63) is 178 Å². The van der Waals surface area contributed by atoms with E-state index < -0.39 is 0 Å². The van der Waals surface area contributed by atoms with Gasteiger partial charge in [0.15, 0.2) is 0 Å². The largest absolute Gasteiger partial charge is 0.0622 e. The van der Waals surface area contributed by atoms with Crippen LogP contribution in [-0.4, -0.2) is 0 Å². The van der Waals surface area contributed by atoms with Gasteiger partial charge in [0.05, 0.1) is 0 Å². The van der Waals surface area contributed by atoms with Crippen LogP contribution in [0.2, 0.25) is 0 Å². The van der Waals surface area contributed by atoms with Gasteiger partial charge in [-0.15, -0.1) is 0 Å². The molecule has 5 aromatic carbocycles. The third-order valence-corrected chi connectivity index (χ3v) is 5.67. The zero-order chi connectivity index (χ0) is 27.3. The van der Waals surface area contributed by atoms with Crippen LogP contribution < -0.4 is 0 Å². The van der Waals surface area contributed by atoms with E-state index in [2.05, 4.69) is 133 Å². The molecule has 0 saturated heterocycles. The molecule has 5 aromatic rings. The molecule has 0 saturated carbocycles. The maximum atomic E-state index is 2.12. The molecular weight excluding hydrogens is 444 g/mol. The van der Waals surface area contributed by atoms with Gasteiger partial charge in [0.25, 0.3) is 0 Å². The van der Waals surface area contributed by atoms with E-state index in [9.17, 15) is 0 Å². The third kappa shape index (κ3) is 16.4. The van der Waals surface area contributed by atoms with Gasteiger partial charge in [-0.05, 0) is 70.7 Å². The Hall–Kier alpha value is -3.90. The minimum atomic E-state index is 1.32. The molecule has 37 heavy (non-hydrogen) atoms. The van der Waals surface area contributed by atoms with Crippen LogP contribution in [0.3, 0.4) is 0 Å². The Bertz CT molecular complexity index is 1030. The van der Waals surface area contributed by atoms with Crippen LogP contribution in [0.15, 0.2) is 140 Å². The normalized spacial score (nSPS) is 8.95. The van der Waals surface area contributed by atoms with E-state index in [1.54, 1.807) is 0 Å². The summed E-state index contributed by atoms with van der Waals surface area (Å²) in [7, 11) is 0. The smallest absolute Gasteiger partial charge is 0.0395 e. The number of rotatable bonds is 0. The Kier molecular flexibility index (Phi) is 16.2. The van der Waals surface area contributed by atoms with Gasteiger partial charge in [0.1, 0.15) is 0 Å². The lowest BCUT2D eigenvalue weighted by molar-refractivity contribution is 1.34. The van der Waals surface area contributed by atoms with E-state index >= 15 is 0 Å². The molecule has 192 valence electrons. The first-order chi connectivity index (χ1) is 17.8. The summed E-state index contributed by atoms with van der Waals surface area (Å²) >= 11 is 0. The van der Waals surface area contributed by atoms with Gasteiger partial charge < -0.3 is 0 Å². The highest BCUT2D eigenvalue weighted by Gasteiger charge is 1.84. The summed E-state index contributed by atoms with van der Waals surface area (Å²) in [6.45, 7) is 14.7. The molecule has 0 atom stereocenters. The van der Waals surface area contributed by atoms with Crippen molar-refractivity contribution in [3.63, 3.8) is 0 Å². The van der Waals surface area contributed by atoms with E-state index in [0.29, 0.717) is 0 Å². The molecule has 0 aliphatic heterocycles. The minimum absolute atomic E-state index is 1.32. The zero-order valence-corrected chi connectivity index (χ0v) is 23.8. The van der Waals surface area contributed by atoms with Crippen LogP contribution in [0.5, 0.6) is 0 Å². The summed E-state index contributed by atoms with van der Waals surface area (Å²) in [6, 6.07) is 47.5. The standard InChI is InChI=1S/2C8H10.3C7H8/c2*1-7-5-3-4-6-8(7)2;3*1-7-5-3-2-4-6-7/h2*3-6H,1-2H3;3*2-6H,1H3. The predicted molar refractivity (Wildman–Crippen MR) is 165 cm³/mol. The first-order valence-corrected chi connectivity index (χ1v) is 12.9. The van der Waals surface area contributed by atoms with Crippen molar-refractivity contribution >= 4 is 0 Å². The van der Waals surface area contributed by atoms with Crippen LogP contribution >= 0.6 is 0 Å². The van der Waals surface area contributed by atoms with Crippen LogP contribution in [0.4, 0.5) is 0 Å². The molecule has 0 heteroatoms. The fourth-order valence-electron chi connectivity index (χ4n) is 2.93. The number of hydrogen-bond acceptors (Lipinski definition) is 0. The molecule has 0 aliphatic rings. The zero-order valence-electron chi connectivity index (χ0n) is 23.8. The van der Waals surface area contributed by atoms with Gasteiger partial charge in [0, 0.05) is 0 Å². The Morgan fingerprint density at radius 1 is 0.216 bits per heavy atom. The molecule has 0 amide bonds. The monoisotopic (exact) mass is 488 g/mol. The van der Waals surface area contributed by atoms with Crippen molar-refractivity contribution in [2.75, 3.05) is 0 Å². The summed E-state index contributed by atoms with van der Waals surface area (Å²) in [6.07, 6.45) is 0. The first-order valence-electron chi connectivity index (χ1n) is 12.9. The predicted octanol–water partition coefficient (Wildman–Crippen LogP) is 10.6. The molecule has 0 bridgehead atoms. The van der Waals surface area contributed by atoms with E-state index in [1.165, 1.54) is 38.9 Å². The first kappa shape index (κ1) is 31.1. The topological polar surface area (TPSA) is 0 Å². The molecule has 0 fully saturated rings. The van der Waals surface area contributed by atoms with Crippen LogP contribution in [-0.2, 0) is 0 Å². The fourth-order valence-corrected chi connectivity index (χ4v) is 2.93. The molecule has 0 radical (unpaired) electrons.